The van der Waals surface area contributed by atoms with Gasteiger partial charge in [0, 0.05) is 11.3 Å². The quantitative estimate of drug-likeness (QED) is 0.417. The Morgan fingerprint density at radius 2 is 2.29 bits per heavy atom. The molecule has 0 atom stereocenters. The maximum atomic E-state index is 10.5. The van der Waals surface area contributed by atoms with Crippen molar-refractivity contribution in [3.63, 3.8) is 0 Å². The third-order valence-corrected chi connectivity index (χ3v) is 1.91. The predicted octanol–water partition coefficient (Wildman–Crippen LogP) is 0.393. The number of aryl methyl sites for hydroxylation is 1. The molecule has 1 rings (SSSR count). The molecule has 14 heavy (non-hydrogen) atoms. The van der Waals surface area contributed by atoms with Crippen LogP contribution >= 0.6 is 0 Å². The van der Waals surface area contributed by atoms with E-state index >= 15 is 0 Å². The first-order chi connectivity index (χ1) is 6.56. The molecule has 0 aromatic carbocycles. The molecule has 6 nitrogen and oxygen atoms in total. The van der Waals surface area contributed by atoms with Crippen LogP contribution < -0.4 is 0 Å². The van der Waals surface area contributed by atoms with E-state index in [0.717, 1.165) is 0 Å². The highest BCUT2D eigenvalue weighted by Gasteiger charge is 2.11. The highest BCUT2D eigenvalue weighted by atomic mass is 16.4. The van der Waals surface area contributed by atoms with E-state index in [1.165, 1.54) is 10.9 Å². The molecule has 0 aliphatic carbocycles. The van der Waals surface area contributed by atoms with Gasteiger partial charge in [-0.2, -0.15) is 5.10 Å². The monoisotopic (exact) mass is 197 g/mol. The Bertz CT molecular complexity index is 381. The summed E-state index contributed by atoms with van der Waals surface area (Å²) in [4.78, 5) is 10.5. The van der Waals surface area contributed by atoms with E-state index in [0.29, 0.717) is 17.0 Å². The summed E-state index contributed by atoms with van der Waals surface area (Å²) in [5.74, 6) is -0.955. The Kier molecular flexibility index (Phi) is 2.85. The Balaban J connectivity index is 3.10. The van der Waals surface area contributed by atoms with Crippen LogP contribution in [0.1, 0.15) is 17.0 Å². The molecular formula is C8H11N3O3. The van der Waals surface area contributed by atoms with Gasteiger partial charge >= 0.3 is 5.97 Å². The molecule has 76 valence electrons. The minimum atomic E-state index is -0.955. The molecule has 1 aromatic heterocycles. The first kappa shape index (κ1) is 10.2. The summed E-state index contributed by atoms with van der Waals surface area (Å²) in [7, 11) is 0. The lowest BCUT2D eigenvalue weighted by Gasteiger charge is -1.98. The molecule has 1 heterocycles. The smallest absolute Gasteiger partial charge is 0.325 e. The standard InChI is InChI=1S/C8H11N3O3/c1-5-7(3-9-14)6(2)11(10-5)4-8(12)13/h3,14H,4H2,1-2H3,(H,12,13)/b9-3+. The fraction of sp³-hybridized carbons (Fsp3) is 0.375. The first-order valence-electron chi connectivity index (χ1n) is 3.99. The van der Waals surface area contributed by atoms with Gasteiger partial charge in [-0.1, -0.05) is 5.16 Å². The fourth-order valence-corrected chi connectivity index (χ4v) is 1.24. The van der Waals surface area contributed by atoms with E-state index in [1.54, 1.807) is 13.8 Å². The highest BCUT2D eigenvalue weighted by Crippen LogP contribution is 2.10. The largest absolute Gasteiger partial charge is 0.480 e. The molecular weight excluding hydrogens is 186 g/mol. The van der Waals surface area contributed by atoms with Crippen LogP contribution in [-0.2, 0) is 11.3 Å². The average molecular weight is 197 g/mol. The minimum Gasteiger partial charge on any atom is -0.480 e. The molecule has 0 bridgehead atoms. The topological polar surface area (TPSA) is 87.7 Å². The zero-order valence-electron chi connectivity index (χ0n) is 7.93. The van der Waals surface area contributed by atoms with Crippen molar-refractivity contribution in [3.05, 3.63) is 17.0 Å². The molecule has 6 heteroatoms. The van der Waals surface area contributed by atoms with Gasteiger partial charge in [-0.15, -0.1) is 0 Å². The molecule has 0 radical (unpaired) electrons. The van der Waals surface area contributed by atoms with E-state index in [2.05, 4.69) is 10.3 Å². The number of rotatable bonds is 3. The van der Waals surface area contributed by atoms with Gasteiger partial charge in [0.2, 0.25) is 0 Å². The number of hydrogen-bond donors (Lipinski definition) is 2. The average Bonchev–Trinajstić information content (AvgIpc) is 2.32. The molecule has 0 unspecified atom stereocenters. The van der Waals surface area contributed by atoms with Gasteiger partial charge in [0.15, 0.2) is 0 Å². The molecule has 0 spiro atoms. The number of carbonyl (C=O) groups is 1. The van der Waals surface area contributed by atoms with Crippen molar-refractivity contribution in [1.29, 1.82) is 0 Å². The van der Waals surface area contributed by atoms with Crippen LogP contribution in [0.5, 0.6) is 0 Å². The second kappa shape index (κ2) is 3.91. The Morgan fingerprint density at radius 3 is 2.79 bits per heavy atom. The van der Waals surface area contributed by atoms with Crippen LogP contribution in [0.3, 0.4) is 0 Å². The Labute approximate surface area is 80.5 Å². The van der Waals surface area contributed by atoms with Crippen molar-refractivity contribution in [1.82, 2.24) is 9.78 Å². The van der Waals surface area contributed by atoms with Crippen molar-refractivity contribution in [2.45, 2.75) is 20.4 Å². The third-order valence-electron chi connectivity index (χ3n) is 1.91. The number of aliphatic carboxylic acids is 1. The molecule has 0 saturated heterocycles. The zero-order valence-corrected chi connectivity index (χ0v) is 7.93. The summed E-state index contributed by atoms with van der Waals surface area (Å²) in [6, 6.07) is 0. The van der Waals surface area contributed by atoms with Crippen molar-refractivity contribution in [3.8, 4) is 0 Å². The van der Waals surface area contributed by atoms with Crippen LogP contribution in [0.15, 0.2) is 5.16 Å². The maximum Gasteiger partial charge on any atom is 0.325 e. The molecule has 0 saturated carbocycles. The summed E-state index contributed by atoms with van der Waals surface area (Å²) in [5.41, 5.74) is 1.96. The Morgan fingerprint density at radius 1 is 1.64 bits per heavy atom. The van der Waals surface area contributed by atoms with Gasteiger partial charge in [0.1, 0.15) is 6.54 Å². The van der Waals surface area contributed by atoms with Gasteiger partial charge in [-0.3, -0.25) is 9.48 Å². The van der Waals surface area contributed by atoms with Gasteiger partial charge in [-0.25, -0.2) is 0 Å². The van der Waals surface area contributed by atoms with Crippen LogP contribution in [0.2, 0.25) is 0 Å². The second-order valence-electron chi connectivity index (χ2n) is 2.88. The Hall–Kier alpha value is -1.85. The molecule has 2 N–H and O–H groups in total. The van der Waals surface area contributed by atoms with Crippen LogP contribution in [-0.4, -0.2) is 32.3 Å². The van der Waals surface area contributed by atoms with Gasteiger partial charge in [0.05, 0.1) is 11.9 Å². The summed E-state index contributed by atoms with van der Waals surface area (Å²) in [6.45, 7) is 3.26. The number of carboxylic acids is 1. The van der Waals surface area contributed by atoms with Crippen molar-refractivity contribution < 1.29 is 15.1 Å². The maximum absolute atomic E-state index is 10.5. The van der Waals surface area contributed by atoms with E-state index in [4.69, 9.17) is 10.3 Å². The van der Waals surface area contributed by atoms with Gasteiger partial charge in [0.25, 0.3) is 0 Å². The molecule has 1 aromatic rings. The zero-order chi connectivity index (χ0) is 10.7. The highest BCUT2D eigenvalue weighted by molar-refractivity contribution is 5.82. The third kappa shape index (κ3) is 1.90. The lowest BCUT2D eigenvalue weighted by molar-refractivity contribution is -0.137. The summed E-state index contributed by atoms with van der Waals surface area (Å²) in [6.07, 6.45) is 1.25. The van der Waals surface area contributed by atoms with Gasteiger partial charge in [-0.05, 0) is 13.8 Å². The lowest BCUT2D eigenvalue weighted by atomic mass is 10.2. The lowest BCUT2D eigenvalue weighted by Crippen LogP contribution is -2.11. The van der Waals surface area contributed by atoms with E-state index in [-0.39, 0.29) is 6.54 Å². The van der Waals surface area contributed by atoms with Crippen molar-refractivity contribution >= 4 is 12.2 Å². The van der Waals surface area contributed by atoms with Crippen LogP contribution in [0.4, 0.5) is 0 Å². The molecule has 0 amide bonds. The summed E-state index contributed by atoms with van der Waals surface area (Å²) < 4.78 is 1.36. The summed E-state index contributed by atoms with van der Waals surface area (Å²) >= 11 is 0. The molecule has 0 aliphatic rings. The number of aromatic nitrogens is 2. The molecule has 0 aliphatic heterocycles. The van der Waals surface area contributed by atoms with E-state index in [1.807, 2.05) is 0 Å². The second-order valence-corrected chi connectivity index (χ2v) is 2.88. The van der Waals surface area contributed by atoms with Crippen LogP contribution in [0, 0.1) is 13.8 Å². The number of oxime groups is 1. The first-order valence-corrected chi connectivity index (χ1v) is 3.99. The minimum absolute atomic E-state index is 0.189. The normalized spacial score (nSPS) is 11.0. The summed E-state index contributed by atoms with van der Waals surface area (Å²) in [5, 5.41) is 23.9. The van der Waals surface area contributed by atoms with E-state index in [9.17, 15) is 4.79 Å². The number of carboxylic acid groups (broad SMARTS) is 1. The van der Waals surface area contributed by atoms with E-state index < -0.39 is 5.97 Å². The predicted molar refractivity (Wildman–Crippen MR) is 48.7 cm³/mol. The fourth-order valence-electron chi connectivity index (χ4n) is 1.24. The van der Waals surface area contributed by atoms with Crippen LogP contribution in [0.25, 0.3) is 0 Å². The number of nitrogens with zero attached hydrogens (tertiary/aromatic N) is 3. The van der Waals surface area contributed by atoms with Crippen molar-refractivity contribution in [2.75, 3.05) is 0 Å². The van der Waals surface area contributed by atoms with Gasteiger partial charge < -0.3 is 10.3 Å². The number of hydrogen-bond acceptors (Lipinski definition) is 4. The SMILES string of the molecule is Cc1nn(CC(=O)O)c(C)c1/C=N/O. The molecule has 0 fully saturated rings. The van der Waals surface area contributed by atoms with Crippen molar-refractivity contribution in [2.24, 2.45) is 5.16 Å².